The van der Waals surface area contributed by atoms with Crippen molar-refractivity contribution in [3.8, 4) is 0 Å². The van der Waals surface area contributed by atoms with Gasteiger partial charge in [-0.05, 0) is 13.0 Å². The summed E-state index contributed by atoms with van der Waals surface area (Å²) in [6.07, 6.45) is 4.48. The van der Waals surface area contributed by atoms with Crippen molar-refractivity contribution in [3.63, 3.8) is 0 Å². The first-order valence-corrected chi connectivity index (χ1v) is 6.94. The van der Waals surface area contributed by atoms with Crippen LogP contribution in [0, 0.1) is 22.0 Å². The highest BCUT2D eigenvalue weighted by Crippen LogP contribution is 2.51. The fourth-order valence-electron chi connectivity index (χ4n) is 3.95. The quantitative estimate of drug-likeness (QED) is 0.471. The van der Waals surface area contributed by atoms with E-state index in [2.05, 4.69) is 24.0 Å². The van der Waals surface area contributed by atoms with Gasteiger partial charge in [0.15, 0.2) is 0 Å². The lowest BCUT2D eigenvalue weighted by Crippen LogP contribution is -2.33. The van der Waals surface area contributed by atoms with Crippen LogP contribution in [-0.2, 0) is 4.74 Å². The number of fused-ring (bicyclic) bond motifs is 5. The molecular formula is C15H16N2O3. The van der Waals surface area contributed by atoms with Crippen LogP contribution in [0.1, 0.15) is 6.92 Å². The monoisotopic (exact) mass is 272 g/mol. The van der Waals surface area contributed by atoms with E-state index in [-0.39, 0.29) is 22.3 Å². The minimum Gasteiger partial charge on any atom is -0.365 e. The zero-order valence-corrected chi connectivity index (χ0v) is 11.2. The van der Waals surface area contributed by atoms with Gasteiger partial charge in [-0.1, -0.05) is 24.3 Å². The van der Waals surface area contributed by atoms with E-state index >= 15 is 0 Å². The summed E-state index contributed by atoms with van der Waals surface area (Å²) in [6, 6.07) is 7.00. The highest BCUT2D eigenvalue weighted by molar-refractivity contribution is 5.64. The van der Waals surface area contributed by atoms with Gasteiger partial charge in [0.05, 0.1) is 16.6 Å². The van der Waals surface area contributed by atoms with Crippen molar-refractivity contribution in [1.29, 1.82) is 0 Å². The molecule has 3 aliphatic heterocycles. The summed E-state index contributed by atoms with van der Waals surface area (Å²) in [6.45, 7) is 3.78. The smallest absolute Gasteiger partial charge is 0.292 e. The van der Waals surface area contributed by atoms with Crippen molar-refractivity contribution < 1.29 is 9.66 Å². The summed E-state index contributed by atoms with van der Waals surface area (Å²) in [5.74, 6) is 0.877. The van der Waals surface area contributed by atoms with E-state index in [1.54, 1.807) is 12.1 Å². The molecule has 0 saturated carbocycles. The molecule has 0 aliphatic carbocycles. The second-order valence-electron chi connectivity index (χ2n) is 6.05. The summed E-state index contributed by atoms with van der Waals surface area (Å²) in [5.41, 5.74) is 0.738. The largest absolute Gasteiger partial charge is 0.365 e. The van der Waals surface area contributed by atoms with Crippen LogP contribution in [0.4, 0.5) is 11.4 Å². The highest BCUT2D eigenvalue weighted by atomic mass is 16.6. The third kappa shape index (κ3) is 1.47. The third-order valence-electron chi connectivity index (χ3n) is 4.95. The number of nitro benzene ring substituents is 1. The Balaban J connectivity index is 1.66. The number of benzene rings is 1. The molecule has 2 saturated heterocycles. The predicted octanol–water partition coefficient (Wildman–Crippen LogP) is 2.37. The van der Waals surface area contributed by atoms with Gasteiger partial charge in [-0.25, -0.2) is 0 Å². The average molecular weight is 272 g/mol. The van der Waals surface area contributed by atoms with Gasteiger partial charge in [0, 0.05) is 31.0 Å². The maximum atomic E-state index is 11.2. The van der Waals surface area contributed by atoms with Crippen molar-refractivity contribution in [1.82, 2.24) is 0 Å². The Morgan fingerprint density at radius 2 is 2.20 bits per heavy atom. The first-order chi connectivity index (χ1) is 9.58. The zero-order valence-electron chi connectivity index (χ0n) is 11.2. The standard InChI is InChI=1S/C15H16N2O3/c1-15-7-6-14(20-15)10-8-16(9-11(10)15)12-4-2-3-5-13(12)17(18)19/h2-7,10-11,14H,8-9H2,1H3/t10-,11+,14+,15+/m0/s1. The molecular weight excluding hydrogens is 256 g/mol. The van der Waals surface area contributed by atoms with E-state index < -0.39 is 0 Å². The van der Waals surface area contributed by atoms with Gasteiger partial charge in [0.25, 0.3) is 5.69 Å². The number of anilines is 1. The number of rotatable bonds is 2. The van der Waals surface area contributed by atoms with Crippen LogP contribution in [0.2, 0.25) is 0 Å². The number of hydrogen-bond acceptors (Lipinski definition) is 4. The number of para-hydroxylation sites is 2. The zero-order chi connectivity index (χ0) is 13.9. The fraction of sp³-hybridized carbons (Fsp3) is 0.467. The molecule has 0 aromatic heterocycles. The van der Waals surface area contributed by atoms with Gasteiger partial charge in [-0.15, -0.1) is 0 Å². The molecule has 20 heavy (non-hydrogen) atoms. The van der Waals surface area contributed by atoms with Crippen LogP contribution >= 0.6 is 0 Å². The topological polar surface area (TPSA) is 55.6 Å². The van der Waals surface area contributed by atoms with Crippen molar-refractivity contribution in [3.05, 3.63) is 46.5 Å². The maximum Gasteiger partial charge on any atom is 0.292 e. The van der Waals surface area contributed by atoms with Crippen LogP contribution in [0.25, 0.3) is 0 Å². The molecule has 1 aromatic rings. The van der Waals surface area contributed by atoms with E-state index in [9.17, 15) is 10.1 Å². The second-order valence-corrected chi connectivity index (χ2v) is 6.05. The Morgan fingerprint density at radius 1 is 1.40 bits per heavy atom. The predicted molar refractivity (Wildman–Crippen MR) is 74.7 cm³/mol. The van der Waals surface area contributed by atoms with Gasteiger partial charge < -0.3 is 9.64 Å². The van der Waals surface area contributed by atoms with Crippen molar-refractivity contribution in [2.75, 3.05) is 18.0 Å². The molecule has 3 aliphatic rings. The molecule has 2 fully saturated rings. The van der Waals surface area contributed by atoms with E-state index in [1.165, 1.54) is 0 Å². The molecule has 5 nitrogen and oxygen atoms in total. The Bertz CT molecular complexity index is 615. The normalized spacial score (nSPS) is 37.5. The Hall–Kier alpha value is -1.88. The van der Waals surface area contributed by atoms with E-state index in [0.29, 0.717) is 11.8 Å². The van der Waals surface area contributed by atoms with E-state index in [0.717, 1.165) is 18.8 Å². The number of nitrogens with zero attached hydrogens (tertiary/aromatic N) is 2. The fourth-order valence-corrected chi connectivity index (χ4v) is 3.95. The highest BCUT2D eigenvalue weighted by Gasteiger charge is 2.57. The Labute approximate surface area is 117 Å². The van der Waals surface area contributed by atoms with Crippen LogP contribution < -0.4 is 4.90 Å². The number of ether oxygens (including phenoxy) is 1. The minimum absolute atomic E-state index is 0.178. The molecule has 4 atom stereocenters. The van der Waals surface area contributed by atoms with Crippen LogP contribution in [-0.4, -0.2) is 29.7 Å². The molecule has 104 valence electrons. The lowest BCUT2D eigenvalue weighted by atomic mass is 9.79. The van der Waals surface area contributed by atoms with Crippen LogP contribution in [0.3, 0.4) is 0 Å². The summed E-state index contributed by atoms with van der Waals surface area (Å²) in [5, 5.41) is 11.2. The van der Waals surface area contributed by atoms with Crippen LogP contribution in [0.5, 0.6) is 0 Å². The maximum absolute atomic E-state index is 11.2. The molecule has 1 aromatic carbocycles. The van der Waals surface area contributed by atoms with E-state index in [1.807, 2.05) is 12.1 Å². The molecule has 0 unspecified atom stereocenters. The first kappa shape index (κ1) is 11.9. The third-order valence-corrected chi connectivity index (χ3v) is 4.95. The van der Waals surface area contributed by atoms with E-state index in [4.69, 9.17) is 4.74 Å². The minimum atomic E-state index is -0.297. The first-order valence-electron chi connectivity index (χ1n) is 6.94. The molecule has 4 rings (SSSR count). The van der Waals surface area contributed by atoms with Gasteiger partial charge in [0.2, 0.25) is 0 Å². The Kier molecular flexibility index (Phi) is 2.27. The lowest BCUT2D eigenvalue weighted by molar-refractivity contribution is -0.384. The van der Waals surface area contributed by atoms with Crippen molar-refractivity contribution in [2.24, 2.45) is 11.8 Å². The summed E-state index contributed by atoms with van der Waals surface area (Å²) >= 11 is 0. The lowest BCUT2D eigenvalue weighted by Gasteiger charge is -2.26. The second kappa shape index (κ2) is 3.82. The van der Waals surface area contributed by atoms with Gasteiger partial charge in [-0.2, -0.15) is 0 Å². The summed E-state index contributed by atoms with van der Waals surface area (Å²) < 4.78 is 6.02. The molecule has 0 spiro atoms. The molecule has 5 heteroatoms. The van der Waals surface area contributed by atoms with Crippen LogP contribution in [0.15, 0.2) is 36.4 Å². The van der Waals surface area contributed by atoms with Gasteiger partial charge in [-0.3, -0.25) is 10.1 Å². The summed E-state index contributed by atoms with van der Waals surface area (Å²) in [4.78, 5) is 13.0. The summed E-state index contributed by atoms with van der Waals surface area (Å²) in [7, 11) is 0. The number of hydrogen-bond donors (Lipinski definition) is 0. The van der Waals surface area contributed by atoms with Crippen molar-refractivity contribution in [2.45, 2.75) is 18.6 Å². The average Bonchev–Trinajstić information content (AvgIpc) is 3.08. The molecule has 3 heterocycles. The Morgan fingerprint density at radius 3 is 2.95 bits per heavy atom. The number of nitro groups is 1. The molecule has 0 radical (unpaired) electrons. The molecule has 0 amide bonds. The molecule has 2 bridgehead atoms. The van der Waals surface area contributed by atoms with Gasteiger partial charge >= 0.3 is 0 Å². The molecule has 0 N–H and O–H groups in total. The van der Waals surface area contributed by atoms with Gasteiger partial charge in [0.1, 0.15) is 5.69 Å². The SMILES string of the molecule is C[C@]12C=C[C@@H](O1)[C@H]1CN(c3ccccc3[N+](=O)[O-])C[C@H]12. The van der Waals surface area contributed by atoms with Crippen molar-refractivity contribution >= 4 is 11.4 Å².